The zero-order chi connectivity index (χ0) is 54.7. The fraction of sp³-hybridized carbons (Fsp3) is 0.367. The SMILES string of the molecule is CNC(C)C(=O)N[C@@H](CCCCCC[C@H](NC(=O)C(C)NC)C(=O)NC1CCc2ccccc21)C(=O)NC1CCc2ccccc21.COc1cc2ccccc2cc1C(N)=O.COc1cc2ccccc2cc1C(N)=O. The van der Waals surface area contributed by atoms with Crippen molar-refractivity contribution in [2.24, 2.45) is 11.5 Å². The van der Waals surface area contributed by atoms with Crippen LogP contribution in [0.2, 0.25) is 0 Å². The van der Waals surface area contributed by atoms with E-state index in [1.165, 1.54) is 25.3 Å². The van der Waals surface area contributed by atoms with E-state index in [1.54, 1.807) is 40.1 Å². The molecule has 76 heavy (non-hydrogen) atoms. The average Bonchev–Trinajstić information content (AvgIpc) is 4.05. The summed E-state index contributed by atoms with van der Waals surface area (Å²) in [6.07, 6.45) is 7.74. The van der Waals surface area contributed by atoms with Gasteiger partial charge in [0.25, 0.3) is 11.8 Å². The van der Waals surface area contributed by atoms with E-state index in [2.05, 4.69) is 56.2 Å². The Balaban J connectivity index is 0.000000250. The maximum atomic E-state index is 13.4. The van der Waals surface area contributed by atoms with Gasteiger partial charge in [0.2, 0.25) is 23.6 Å². The number of unbranched alkanes of at least 4 members (excludes halogenated alkanes) is 3. The normalized spacial score (nSPS) is 15.7. The number of nitrogens with one attached hydrogen (secondary N) is 6. The van der Waals surface area contributed by atoms with Gasteiger partial charge in [-0.1, -0.05) is 123 Å². The number of nitrogens with two attached hydrogens (primary N) is 2. The summed E-state index contributed by atoms with van der Waals surface area (Å²) in [6.45, 7) is 3.54. The minimum atomic E-state index is -0.633. The lowest BCUT2D eigenvalue weighted by molar-refractivity contribution is -0.130. The molecule has 16 heteroatoms. The second-order valence-electron chi connectivity index (χ2n) is 19.3. The van der Waals surface area contributed by atoms with E-state index in [0.717, 1.165) is 84.0 Å². The van der Waals surface area contributed by atoms with E-state index in [0.29, 0.717) is 35.5 Å². The molecule has 0 spiro atoms. The number of amides is 6. The van der Waals surface area contributed by atoms with Gasteiger partial charge in [0.05, 0.1) is 49.5 Å². The predicted molar refractivity (Wildman–Crippen MR) is 298 cm³/mol. The summed E-state index contributed by atoms with van der Waals surface area (Å²) >= 11 is 0. The largest absolute Gasteiger partial charge is 0.496 e. The number of hydrogen-bond donors (Lipinski definition) is 8. The molecule has 6 atom stereocenters. The van der Waals surface area contributed by atoms with Crippen molar-refractivity contribution in [3.63, 3.8) is 0 Å². The molecular weight excluding hydrogens is 961 g/mol. The highest BCUT2D eigenvalue weighted by atomic mass is 16.5. The van der Waals surface area contributed by atoms with Crippen LogP contribution in [-0.4, -0.2) is 87.9 Å². The molecule has 0 aliphatic heterocycles. The number of rotatable bonds is 21. The molecule has 0 radical (unpaired) electrons. The Bertz CT molecular complexity index is 2780. The van der Waals surface area contributed by atoms with Crippen LogP contribution in [0.4, 0.5) is 0 Å². The van der Waals surface area contributed by atoms with Crippen molar-refractivity contribution < 1.29 is 38.2 Å². The molecule has 0 fully saturated rings. The lowest BCUT2D eigenvalue weighted by Gasteiger charge is -2.24. The van der Waals surface area contributed by atoms with E-state index in [9.17, 15) is 28.8 Å². The number of primary amides is 2. The van der Waals surface area contributed by atoms with Gasteiger partial charge in [-0.25, -0.2) is 0 Å². The molecule has 4 unspecified atom stereocenters. The Morgan fingerprint density at radius 1 is 0.500 bits per heavy atom. The smallest absolute Gasteiger partial charge is 0.252 e. The third kappa shape index (κ3) is 15.4. The standard InChI is InChI=1S/C36H52N6O4.2C12H11NO2/c1-23(37-3)33(43)41-31(35(45)39-29-21-19-25-13-9-11-15-27(25)29)17-7-5-6-8-18-32(42-34(44)24(2)38-4)36(46)40-30-22-20-26-14-10-12-16-28(26)30;2*1-15-11-7-9-5-3-2-4-8(9)6-10(11)12(13)14/h9-16,23-24,29-32,37-38H,5-8,17-22H2,1-4H3,(H,39,45)(H,40,46)(H,41,43)(H,42,44);2*2-7H,1H3,(H2,13,14)/t23?,24?,29?,30?,31-,32-;;/m0../s1. The Morgan fingerprint density at radius 3 is 1.18 bits per heavy atom. The first-order valence-corrected chi connectivity index (χ1v) is 26.1. The monoisotopic (exact) mass is 1030 g/mol. The van der Waals surface area contributed by atoms with E-state index in [-0.39, 0.29) is 35.7 Å². The van der Waals surface area contributed by atoms with Crippen LogP contribution in [0.15, 0.2) is 121 Å². The molecule has 0 saturated heterocycles. The van der Waals surface area contributed by atoms with Gasteiger partial charge in [-0.15, -0.1) is 0 Å². The van der Waals surface area contributed by atoms with Crippen LogP contribution >= 0.6 is 0 Å². The summed E-state index contributed by atoms with van der Waals surface area (Å²) < 4.78 is 10.2. The van der Waals surface area contributed by atoms with Crippen molar-refractivity contribution in [1.82, 2.24) is 31.9 Å². The van der Waals surface area contributed by atoms with E-state index >= 15 is 0 Å². The van der Waals surface area contributed by atoms with Crippen LogP contribution in [0.3, 0.4) is 0 Å². The fourth-order valence-corrected chi connectivity index (χ4v) is 9.56. The molecule has 0 bridgehead atoms. The van der Waals surface area contributed by atoms with Gasteiger partial charge in [0.1, 0.15) is 23.6 Å². The quantitative estimate of drug-likeness (QED) is 0.0343. The summed E-state index contributed by atoms with van der Waals surface area (Å²) in [4.78, 5) is 74.6. The van der Waals surface area contributed by atoms with Crippen LogP contribution < -0.4 is 52.8 Å². The second-order valence-corrected chi connectivity index (χ2v) is 19.3. The number of aryl methyl sites for hydroxylation is 2. The van der Waals surface area contributed by atoms with Gasteiger partial charge in [-0.3, -0.25) is 28.8 Å². The number of fused-ring (bicyclic) bond motifs is 4. The lowest BCUT2D eigenvalue weighted by atomic mass is 10.0. The Morgan fingerprint density at radius 2 is 0.842 bits per heavy atom. The Kier molecular flexibility index (Phi) is 21.3. The highest BCUT2D eigenvalue weighted by molar-refractivity contribution is 6.01. The zero-order valence-corrected chi connectivity index (χ0v) is 44.5. The van der Waals surface area contributed by atoms with Crippen molar-refractivity contribution in [2.75, 3.05) is 28.3 Å². The van der Waals surface area contributed by atoms with Gasteiger partial charge < -0.3 is 52.8 Å². The van der Waals surface area contributed by atoms with Crippen LogP contribution in [-0.2, 0) is 32.0 Å². The van der Waals surface area contributed by atoms with Gasteiger partial charge in [-0.05, 0) is 135 Å². The molecule has 8 rings (SSSR count). The second kappa shape index (κ2) is 28.2. The molecule has 6 amide bonds. The number of methoxy groups -OCH3 is 2. The van der Waals surface area contributed by atoms with Gasteiger partial charge in [0.15, 0.2) is 0 Å². The van der Waals surface area contributed by atoms with E-state index in [4.69, 9.17) is 20.9 Å². The van der Waals surface area contributed by atoms with E-state index in [1.807, 2.05) is 84.9 Å². The number of ether oxygens (including phenoxy) is 2. The van der Waals surface area contributed by atoms with Crippen molar-refractivity contribution >= 4 is 57.0 Å². The van der Waals surface area contributed by atoms with E-state index < -0.39 is 36.0 Å². The molecule has 6 aromatic rings. The van der Waals surface area contributed by atoms with Crippen LogP contribution in [0, 0.1) is 0 Å². The molecule has 0 saturated carbocycles. The third-order valence-electron chi connectivity index (χ3n) is 14.2. The number of carbonyl (C=O) groups is 6. The summed E-state index contributed by atoms with van der Waals surface area (Å²) in [5.41, 5.74) is 16.2. The first kappa shape index (κ1) is 57.5. The van der Waals surface area contributed by atoms with Gasteiger partial charge in [0, 0.05) is 0 Å². The molecule has 0 aromatic heterocycles. The van der Waals surface area contributed by atoms with Crippen LogP contribution in [0.1, 0.15) is 120 Å². The topological polar surface area (TPSA) is 245 Å². The Labute approximate surface area is 445 Å². The van der Waals surface area contributed by atoms with Crippen molar-refractivity contribution in [2.45, 2.75) is 114 Å². The molecule has 0 heterocycles. The maximum absolute atomic E-state index is 13.4. The maximum Gasteiger partial charge on any atom is 0.252 e. The van der Waals surface area contributed by atoms with Crippen molar-refractivity contribution in [3.8, 4) is 11.5 Å². The number of hydrogen-bond acceptors (Lipinski definition) is 10. The van der Waals surface area contributed by atoms with Crippen molar-refractivity contribution in [1.29, 1.82) is 0 Å². The first-order valence-electron chi connectivity index (χ1n) is 26.1. The predicted octanol–water partition coefficient (Wildman–Crippen LogP) is 7.01. The molecule has 16 nitrogen and oxygen atoms in total. The molecule has 6 aromatic carbocycles. The summed E-state index contributed by atoms with van der Waals surface area (Å²) in [7, 11) is 6.49. The first-order chi connectivity index (χ1) is 36.6. The highest BCUT2D eigenvalue weighted by Gasteiger charge is 2.30. The van der Waals surface area contributed by atoms with Crippen LogP contribution in [0.5, 0.6) is 11.5 Å². The fourth-order valence-electron chi connectivity index (χ4n) is 9.56. The number of carbonyl (C=O) groups excluding carboxylic acids is 6. The summed E-state index contributed by atoms with van der Waals surface area (Å²) in [6, 6.07) is 36.8. The lowest BCUT2D eigenvalue weighted by Crippen LogP contribution is -2.51. The molecule has 10 N–H and O–H groups in total. The van der Waals surface area contributed by atoms with Gasteiger partial charge >= 0.3 is 0 Å². The molecule has 402 valence electrons. The summed E-state index contributed by atoms with van der Waals surface area (Å²) in [5.74, 6) is -0.660. The number of benzene rings is 6. The molecule has 2 aliphatic carbocycles. The zero-order valence-electron chi connectivity index (χ0n) is 44.5. The Hall–Kier alpha value is -7.82. The third-order valence-corrected chi connectivity index (χ3v) is 14.2. The minimum absolute atomic E-state index is 0.0496. The number of likely N-dealkylation sites (N-methyl/N-ethyl adjacent to an activating group) is 2. The minimum Gasteiger partial charge on any atom is -0.496 e. The van der Waals surface area contributed by atoms with Crippen molar-refractivity contribution in [3.05, 3.63) is 155 Å². The average molecular weight is 1040 g/mol. The molecular formula is C60H74N8O8. The summed E-state index contributed by atoms with van der Waals surface area (Å²) in [5, 5.41) is 22.2. The van der Waals surface area contributed by atoms with Crippen LogP contribution in [0.25, 0.3) is 21.5 Å². The molecule has 2 aliphatic rings. The highest BCUT2D eigenvalue weighted by Crippen LogP contribution is 2.32. The van der Waals surface area contributed by atoms with Gasteiger partial charge in [-0.2, -0.15) is 0 Å².